The summed E-state index contributed by atoms with van der Waals surface area (Å²) in [6.07, 6.45) is 1.52. The largest absolute Gasteiger partial charge is 0.367 e. The third-order valence-electron chi connectivity index (χ3n) is 5.26. The van der Waals surface area contributed by atoms with Crippen LogP contribution >= 0.6 is 0 Å². The average Bonchev–Trinajstić information content (AvgIpc) is 3.00. The van der Waals surface area contributed by atoms with Crippen molar-refractivity contribution in [1.82, 2.24) is 4.90 Å². The lowest BCUT2D eigenvalue weighted by Gasteiger charge is -2.35. The van der Waals surface area contributed by atoms with Gasteiger partial charge in [-0.05, 0) is 42.9 Å². The minimum absolute atomic E-state index is 0.299. The van der Waals surface area contributed by atoms with Crippen LogP contribution in [0.15, 0.2) is 42.6 Å². The van der Waals surface area contributed by atoms with Gasteiger partial charge in [-0.25, -0.2) is 8.78 Å². The second kappa shape index (κ2) is 7.59. The van der Waals surface area contributed by atoms with Crippen molar-refractivity contribution in [2.45, 2.75) is 6.92 Å². The van der Waals surface area contributed by atoms with Crippen LogP contribution in [0.3, 0.4) is 0 Å². The summed E-state index contributed by atoms with van der Waals surface area (Å²) >= 11 is 0. The first kappa shape index (κ1) is 18.4. The highest BCUT2D eigenvalue weighted by atomic mass is 19.1. The minimum Gasteiger partial charge on any atom is -0.367 e. The molecular weight excluding hydrogens is 362 g/mol. The summed E-state index contributed by atoms with van der Waals surface area (Å²) in [5.74, 6) is -1.03. The van der Waals surface area contributed by atoms with Crippen LogP contribution in [0.2, 0.25) is 0 Å². The van der Waals surface area contributed by atoms with Crippen LogP contribution in [0.5, 0.6) is 0 Å². The van der Waals surface area contributed by atoms with Gasteiger partial charge in [-0.3, -0.25) is 4.79 Å². The van der Waals surface area contributed by atoms with Crippen molar-refractivity contribution >= 4 is 28.5 Å². The molecule has 1 fully saturated rings. The van der Waals surface area contributed by atoms with Crippen LogP contribution in [-0.2, 0) is 4.79 Å². The van der Waals surface area contributed by atoms with Gasteiger partial charge in [0.15, 0.2) is 0 Å². The molecule has 7 heteroatoms. The Hall–Kier alpha value is -2.93. The topological polar surface area (TPSA) is 47.6 Å². The van der Waals surface area contributed by atoms with Gasteiger partial charge >= 0.3 is 0 Å². The Labute approximate surface area is 162 Å². The molecule has 2 N–H and O–H groups in total. The molecule has 28 heavy (non-hydrogen) atoms. The highest BCUT2D eigenvalue weighted by molar-refractivity contribution is 6.31. The van der Waals surface area contributed by atoms with E-state index in [2.05, 4.69) is 27.4 Å². The molecule has 2 aromatic carbocycles. The lowest BCUT2D eigenvalue weighted by atomic mass is 10.1. The first-order valence-electron chi connectivity index (χ1n) is 9.40. The maximum atomic E-state index is 14.6. The normalized spacial score (nSPS) is 18.3. The van der Waals surface area contributed by atoms with E-state index in [1.807, 2.05) is 0 Å². The monoisotopic (exact) mass is 384 g/mol. The van der Waals surface area contributed by atoms with E-state index in [4.69, 9.17) is 0 Å². The standard InChI is InChI=1S/C21H22F2N4O/c1-2-26-7-9-27(10-8-26)20-6-4-15(12-18(20)23)24-13-17-16-5-3-14(22)11-19(16)25-21(17)28/h3-6,11-13,24H,2,7-10H2,1H3,(H,25,28). The Balaban J connectivity index is 1.49. The van der Waals surface area contributed by atoms with Crippen LogP contribution in [-0.4, -0.2) is 43.5 Å². The maximum Gasteiger partial charge on any atom is 0.257 e. The molecule has 0 unspecified atom stereocenters. The van der Waals surface area contributed by atoms with Gasteiger partial charge in [0.2, 0.25) is 0 Å². The number of nitrogens with zero attached hydrogens (tertiary/aromatic N) is 2. The fraction of sp³-hybridized carbons (Fsp3) is 0.286. The molecule has 146 valence electrons. The molecule has 0 aliphatic carbocycles. The van der Waals surface area contributed by atoms with Crippen LogP contribution in [0, 0.1) is 11.6 Å². The van der Waals surface area contributed by atoms with Gasteiger partial charge < -0.3 is 20.4 Å². The number of fused-ring (bicyclic) bond motifs is 1. The molecule has 1 amide bonds. The molecule has 5 nitrogen and oxygen atoms in total. The number of likely N-dealkylation sites (N-methyl/N-ethyl adjacent to an activating group) is 1. The Kier molecular flexibility index (Phi) is 5.00. The molecule has 0 radical (unpaired) electrons. The summed E-state index contributed by atoms with van der Waals surface area (Å²) < 4.78 is 27.9. The Bertz CT molecular complexity index is 936. The number of nitrogens with one attached hydrogen (secondary N) is 2. The molecule has 0 bridgehead atoms. The van der Waals surface area contributed by atoms with Crippen molar-refractivity contribution in [1.29, 1.82) is 0 Å². The van der Waals surface area contributed by atoms with Gasteiger partial charge in [0, 0.05) is 43.6 Å². The smallest absolute Gasteiger partial charge is 0.257 e. The van der Waals surface area contributed by atoms with Gasteiger partial charge in [-0.1, -0.05) is 6.92 Å². The number of carbonyl (C=O) groups is 1. The predicted octanol–water partition coefficient (Wildman–Crippen LogP) is 3.51. The van der Waals surface area contributed by atoms with Crippen molar-refractivity contribution in [2.24, 2.45) is 0 Å². The number of hydrogen-bond acceptors (Lipinski definition) is 4. The van der Waals surface area contributed by atoms with Crippen LogP contribution in [0.4, 0.5) is 25.8 Å². The second-order valence-corrected chi connectivity index (χ2v) is 6.93. The lowest BCUT2D eigenvalue weighted by molar-refractivity contribution is -0.110. The number of halogens is 2. The van der Waals surface area contributed by atoms with Crippen LogP contribution in [0.25, 0.3) is 5.57 Å². The molecule has 0 atom stereocenters. The van der Waals surface area contributed by atoms with Gasteiger partial charge in [-0.15, -0.1) is 0 Å². The average molecular weight is 384 g/mol. The number of benzene rings is 2. The fourth-order valence-electron chi connectivity index (χ4n) is 3.62. The van der Waals surface area contributed by atoms with E-state index in [-0.39, 0.29) is 11.7 Å². The highest BCUT2D eigenvalue weighted by Crippen LogP contribution is 2.32. The number of anilines is 3. The Morgan fingerprint density at radius 3 is 2.61 bits per heavy atom. The molecule has 1 saturated heterocycles. The van der Waals surface area contributed by atoms with E-state index >= 15 is 0 Å². The van der Waals surface area contributed by atoms with Crippen molar-refractivity contribution in [3.8, 4) is 0 Å². The third kappa shape index (κ3) is 3.57. The maximum absolute atomic E-state index is 14.6. The van der Waals surface area contributed by atoms with Crippen LogP contribution < -0.4 is 15.5 Å². The number of hydrogen-bond donors (Lipinski definition) is 2. The SMILES string of the molecule is CCN1CCN(c2ccc(NC=C3C(=O)Nc4cc(F)ccc43)cc2F)CC1. The molecule has 0 aromatic heterocycles. The number of piperazine rings is 1. The van der Waals surface area contributed by atoms with Crippen molar-refractivity contribution in [3.05, 3.63) is 59.8 Å². The van der Waals surface area contributed by atoms with Crippen molar-refractivity contribution in [2.75, 3.05) is 48.3 Å². The second-order valence-electron chi connectivity index (χ2n) is 6.93. The van der Waals surface area contributed by atoms with Gasteiger partial charge in [0.25, 0.3) is 5.91 Å². The molecule has 0 spiro atoms. The highest BCUT2D eigenvalue weighted by Gasteiger charge is 2.24. The molecule has 0 saturated carbocycles. The zero-order valence-electron chi connectivity index (χ0n) is 15.6. The molecule has 4 rings (SSSR count). The van der Waals surface area contributed by atoms with E-state index in [1.54, 1.807) is 18.2 Å². The Morgan fingerprint density at radius 2 is 1.89 bits per heavy atom. The van der Waals surface area contributed by atoms with Crippen molar-refractivity contribution in [3.63, 3.8) is 0 Å². The summed E-state index contributed by atoms with van der Waals surface area (Å²) in [6.45, 7) is 6.60. The first-order valence-corrected chi connectivity index (χ1v) is 9.40. The molecule has 2 aliphatic heterocycles. The zero-order valence-corrected chi connectivity index (χ0v) is 15.6. The lowest BCUT2D eigenvalue weighted by Crippen LogP contribution is -2.46. The first-order chi connectivity index (χ1) is 13.5. The number of amides is 1. The van der Waals surface area contributed by atoms with E-state index < -0.39 is 5.82 Å². The molecular formula is C21H22F2N4O. The van der Waals surface area contributed by atoms with Gasteiger partial charge in [-0.2, -0.15) is 0 Å². The molecule has 2 aliphatic rings. The van der Waals surface area contributed by atoms with Crippen LogP contribution in [0.1, 0.15) is 12.5 Å². The van der Waals surface area contributed by atoms with Gasteiger partial charge in [0.05, 0.1) is 16.9 Å². The van der Waals surface area contributed by atoms with E-state index in [0.717, 1.165) is 32.7 Å². The molecule has 2 aromatic rings. The fourth-order valence-corrected chi connectivity index (χ4v) is 3.62. The Morgan fingerprint density at radius 1 is 1.11 bits per heavy atom. The summed E-state index contributed by atoms with van der Waals surface area (Å²) in [7, 11) is 0. The van der Waals surface area contributed by atoms with Gasteiger partial charge in [0.1, 0.15) is 11.6 Å². The quantitative estimate of drug-likeness (QED) is 0.792. The van der Waals surface area contributed by atoms with E-state index in [0.29, 0.717) is 28.2 Å². The summed E-state index contributed by atoms with van der Waals surface area (Å²) in [5, 5.41) is 5.60. The number of rotatable bonds is 4. The summed E-state index contributed by atoms with van der Waals surface area (Å²) in [5.41, 5.74) is 2.57. The van der Waals surface area contributed by atoms with Crippen molar-refractivity contribution < 1.29 is 13.6 Å². The van der Waals surface area contributed by atoms with E-state index in [1.165, 1.54) is 24.4 Å². The molecule has 2 heterocycles. The van der Waals surface area contributed by atoms with E-state index in [9.17, 15) is 13.6 Å². The predicted molar refractivity (Wildman–Crippen MR) is 107 cm³/mol. The zero-order chi connectivity index (χ0) is 19.7. The number of carbonyl (C=O) groups excluding carboxylic acids is 1. The minimum atomic E-state index is -0.411. The summed E-state index contributed by atoms with van der Waals surface area (Å²) in [6, 6.07) is 9.11. The summed E-state index contributed by atoms with van der Waals surface area (Å²) in [4.78, 5) is 16.5. The third-order valence-corrected chi connectivity index (χ3v) is 5.26.